The van der Waals surface area contributed by atoms with Gasteiger partial charge in [0.05, 0.1) is 5.69 Å². The Balaban J connectivity index is 2.05. The Kier molecular flexibility index (Phi) is 6.20. The van der Waals surface area contributed by atoms with Crippen LogP contribution in [0.5, 0.6) is 0 Å². The molecule has 16 heavy (non-hydrogen) atoms. The van der Waals surface area contributed by atoms with E-state index in [0.29, 0.717) is 0 Å². The van der Waals surface area contributed by atoms with Crippen molar-refractivity contribution in [3.05, 3.63) is 17.5 Å². The fourth-order valence-electron chi connectivity index (χ4n) is 2.12. The molecule has 1 heterocycles. The lowest BCUT2D eigenvalue weighted by atomic mass is 10.1. The number of rotatable bonds is 8. The molecular weight excluding hydrogens is 196 g/mol. The highest BCUT2D eigenvalue weighted by Gasteiger charge is 1.99. The summed E-state index contributed by atoms with van der Waals surface area (Å²) in [4.78, 5) is 0. The Hall–Kier alpha value is -0.790. The standard InChI is InChI=1S/C14H26N2/c1-4-5-6-7-8-9-10-11-16-14(3)12-13(2)15-16/h12H,4-11H2,1-3H3. The van der Waals surface area contributed by atoms with E-state index >= 15 is 0 Å². The van der Waals surface area contributed by atoms with Gasteiger partial charge in [0.1, 0.15) is 0 Å². The summed E-state index contributed by atoms with van der Waals surface area (Å²) in [6.45, 7) is 7.56. The summed E-state index contributed by atoms with van der Waals surface area (Å²) in [6.07, 6.45) is 9.57. The predicted molar refractivity (Wildman–Crippen MR) is 69.7 cm³/mol. The molecule has 0 spiro atoms. The average molecular weight is 222 g/mol. The first-order chi connectivity index (χ1) is 7.74. The lowest BCUT2D eigenvalue weighted by Crippen LogP contribution is -2.02. The van der Waals surface area contributed by atoms with Crippen LogP contribution in [0.15, 0.2) is 6.07 Å². The SMILES string of the molecule is CCCCCCCCCn1nc(C)cc1C. The van der Waals surface area contributed by atoms with E-state index in [1.807, 2.05) is 0 Å². The minimum Gasteiger partial charge on any atom is -0.270 e. The lowest BCUT2D eigenvalue weighted by molar-refractivity contribution is 0.514. The Bertz CT molecular complexity index is 289. The van der Waals surface area contributed by atoms with Crippen LogP contribution in [0.2, 0.25) is 0 Å². The maximum Gasteiger partial charge on any atom is 0.0596 e. The zero-order valence-corrected chi connectivity index (χ0v) is 11.1. The van der Waals surface area contributed by atoms with Crippen molar-refractivity contribution in [3.8, 4) is 0 Å². The first kappa shape index (κ1) is 13.3. The number of unbranched alkanes of at least 4 members (excludes halogenated alkanes) is 6. The topological polar surface area (TPSA) is 17.8 Å². The molecule has 1 aromatic rings. The molecule has 2 nitrogen and oxygen atoms in total. The molecule has 0 amide bonds. The molecule has 0 aliphatic rings. The molecule has 0 aliphatic carbocycles. The molecule has 0 aliphatic heterocycles. The van der Waals surface area contributed by atoms with Crippen LogP contribution in [0.25, 0.3) is 0 Å². The zero-order valence-electron chi connectivity index (χ0n) is 11.1. The summed E-state index contributed by atoms with van der Waals surface area (Å²) >= 11 is 0. The number of aryl methyl sites for hydroxylation is 3. The van der Waals surface area contributed by atoms with Gasteiger partial charge in [-0.3, -0.25) is 4.68 Å². The fraction of sp³-hybridized carbons (Fsp3) is 0.786. The van der Waals surface area contributed by atoms with Gasteiger partial charge in [0.15, 0.2) is 0 Å². The Morgan fingerprint density at radius 2 is 1.62 bits per heavy atom. The first-order valence-electron chi connectivity index (χ1n) is 6.75. The molecule has 0 saturated heterocycles. The van der Waals surface area contributed by atoms with Crippen LogP contribution in [0.1, 0.15) is 63.3 Å². The van der Waals surface area contributed by atoms with Crippen molar-refractivity contribution < 1.29 is 0 Å². The molecule has 0 bridgehead atoms. The number of nitrogens with zero attached hydrogens (tertiary/aromatic N) is 2. The number of hydrogen-bond acceptors (Lipinski definition) is 1. The van der Waals surface area contributed by atoms with Crippen LogP contribution in [0.4, 0.5) is 0 Å². The molecule has 0 aromatic carbocycles. The Labute approximate surface area is 100 Å². The molecule has 1 rings (SSSR count). The minimum atomic E-state index is 1.09. The summed E-state index contributed by atoms with van der Waals surface area (Å²) in [5.41, 5.74) is 2.43. The summed E-state index contributed by atoms with van der Waals surface area (Å²) in [7, 11) is 0. The van der Waals surface area contributed by atoms with Gasteiger partial charge in [-0.1, -0.05) is 45.4 Å². The van der Waals surface area contributed by atoms with Gasteiger partial charge in [-0.2, -0.15) is 5.10 Å². The monoisotopic (exact) mass is 222 g/mol. The average Bonchev–Trinajstić information content (AvgIpc) is 2.56. The summed E-state index contributed by atoms with van der Waals surface area (Å²) in [5, 5.41) is 4.47. The lowest BCUT2D eigenvalue weighted by Gasteiger charge is -2.04. The largest absolute Gasteiger partial charge is 0.270 e. The van der Waals surface area contributed by atoms with Gasteiger partial charge in [0.2, 0.25) is 0 Å². The van der Waals surface area contributed by atoms with E-state index in [1.54, 1.807) is 0 Å². The molecule has 0 fully saturated rings. The van der Waals surface area contributed by atoms with Crippen LogP contribution < -0.4 is 0 Å². The molecular formula is C14H26N2. The van der Waals surface area contributed by atoms with E-state index in [0.717, 1.165) is 12.2 Å². The number of hydrogen-bond donors (Lipinski definition) is 0. The molecule has 0 saturated carbocycles. The predicted octanol–water partition coefficient (Wildman–Crippen LogP) is 4.25. The van der Waals surface area contributed by atoms with Crippen LogP contribution in [0.3, 0.4) is 0 Å². The quantitative estimate of drug-likeness (QED) is 0.601. The highest BCUT2D eigenvalue weighted by Crippen LogP contribution is 2.09. The third-order valence-corrected chi connectivity index (χ3v) is 3.08. The smallest absolute Gasteiger partial charge is 0.0596 e. The third kappa shape index (κ3) is 4.82. The van der Waals surface area contributed by atoms with Crippen molar-refractivity contribution in [2.45, 2.75) is 72.3 Å². The van der Waals surface area contributed by atoms with E-state index in [9.17, 15) is 0 Å². The summed E-state index contributed by atoms with van der Waals surface area (Å²) in [5.74, 6) is 0. The zero-order chi connectivity index (χ0) is 11.8. The van der Waals surface area contributed by atoms with Gasteiger partial charge in [-0.15, -0.1) is 0 Å². The fourth-order valence-corrected chi connectivity index (χ4v) is 2.12. The highest BCUT2D eigenvalue weighted by molar-refractivity contribution is 5.06. The summed E-state index contributed by atoms with van der Waals surface area (Å²) < 4.78 is 2.14. The van der Waals surface area contributed by atoms with Gasteiger partial charge >= 0.3 is 0 Å². The van der Waals surface area contributed by atoms with Gasteiger partial charge in [-0.25, -0.2) is 0 Å². The van der Waals surface area contributed by atoms with Crippen LogP contribution >= 0.6 is 0 Å². The van der Waals surface area contributed by atoms with Crippen molar-refractivity contribution in [2.75, 3.05) is 0 Å². The van der Waals surface area contributed by atoms with E-state index < -0.39 is 0 Å². The number of aromatic nitrogens is 2. The van der Waals surface area contributed by atoms with Crippen molar-refractivity contribution in [1.82, 2.24) is 9.78 Å². The normalized spacial score (nSPS) is 10.9. The van der Waals surface area contributed by atoms with Gasteiger partial charge < -0.3 is 0 Å². The Morgan fingerprint density at radius 1 is 1.00 bits per heavy atom. The van der Waals surface area contributed by atoms with Gasteiger partial charge in [0, 0.05) is 12.2 Å². The molecule has 0 radical (unpaired) electrons. The highest BCUT2D eigenvalue weighted by atomic mass is 15.3. The molecule has 2 heteroatoms. The van der Waals surface area contributed by atoms with Crippen LogP contribution in [-0.2, 0) is 6.54 Å². The van der Waals surface area contributed by atoms with E-state index in [-0.39, 0.29) is 0 Å². The maximum atomic E-state index is 4.47. The minimum absolute atomic E-state index is 1.09. The van der Waals surface area contributed by atoms with Crippen molar-refractivity contribution >= 4 is 0 Å². The van der Waals surface area contributed by atoms with Crippen molar-refractivity contribution in [1.29, 1.82) is 0 Å². The molecule has 0 N–H and O–H groups in total. The second-order valence-electron chi connectivity index (χ2n) is 4.77. The van der Waals surface area contributed by atoms with Crippen LogP contribution in [-0.4, -0.2) is 9.78 Å². The molecule has 0 unspecified atom stereocenters. The second-order valence-corrected chi connectivity index (χ2v) is 4.77. The van der Waals surface area contributed by atoms with Crippen LogP contribution in [0, 0.1) is 13.8 Å². The Morgan fingerprint density at radius 3 is 2.19 bits per heavy atom. The molecule has 0 atom stereocenters. The van der Waals surface area contributed by atoms with E-state index in [2.05, 4.69) is 36.6 Å². The molecule has 92 valence electrons. The summed E-state index contributed by atoms with van der Waals surface area (Å²) in [6, 6.07) is 2.15. The molecule has 1 aromatic heterocycles. The third-order valence-electron chi connectivity index (χ3n) is 3.08. The van der Waals surface area contributed by atoms with Gasteiger partial charge in [-0.05, 0) is 26.3 Å². The second kappa shape index (κ2) is 7.48. The van der Waals surface area contributed by atoms with Crippen molar-refractivity contribution in [3.63, 3.8) is 0 Å². The first-order valence-corrected chi connectivity index (χ1v) is 6.75. The van der Waals surface area contributed by atoms with E-state index in [4.69, 9.17) is 0 Å². The van der Waals surface area contributed by atoms with Crippen molar-refractivity contribution in [2.24, 2.45) is 0 Å². The maximum absolute atomic E-state index is 4.47. The van der Waals surface area contributed by atoms with Gasteiger partial charge in [0.25, 0.3) is 0 Å². The van der Waals surface area contributed by atoms with E-state index in [1.165, 1.54) is 50.6 Å².